The van der Waals surface area contributed by atoms with Gasteiger partial charge in [0.15, 0.2) is 0 Å². The summed E-state index contributed by atoms with van der Waals surface area (Å²) >= 11 is 0. The fourth-order valence-corrected chi connectivity index (χ4v) is 3.07. The van der Waals surface area contributed by atoms with Crippen LogP contribution in [0.25, 0.3) is 0 Å². The van der Waals surface area contributed by atoms with Crippen molar-refractivity contribution < 1.29 is 9.23 Å². The van der Waals surface area contributed by atoms with Crippen LogP contribution in [0.3, 0.4) is 0 Å². The monoisotopic (exact) mass is 310 g/mol. The number of benzene rings is 2. The molecule has 0 bridgehead atoms. The molecule has 0 heterocycles. The van der Waals surface area contributed by atoms with Crippen molar-refractivity contribution in [2.45, 2.75) is 44.6 Å². The van der Waals surface area contributed by atoms with Crippen molar-refractivity contribution in [1.82, 2.24) is 0 Å². The normalized spacial score (nSPS) is 15.9. The van der Waals surface area contributed by atoms with Gasteiger partial charge in [0.2, 0.25) is 0 Å². The third-order valence-electron chi connectivity index (χ3n) is 4.40. The van der Waals surface area contributed by atoms with E-state index in [9.17, 15) is 4.39 Å². The van der Waals surface area contributed by atoms with E-state index >= 15 is 0 Å². The van der Waals surface area contributed by atoms with E-state index in [4.69, 9.17) is 4.84 Å². The molecular weight excluding hydrogens is 289 g/mol. The van der Waals surface area contributed by atoms with Crippen molar-refractivity contribution >= 4 is 6.21 Å². The maximum atomic E-state index is 13.4. The molecule has 23 heavy (non-hydrogen) atoms. The molecule has 1 saturated carbocycles. The Morgan fingerprint density at radius 2 is 1.74 bits per heavy atom. The lowest BCUT2D eigenvalue weighted by molar-refractivity contribution is 0.129. The zero-order valence-electron chi connectivity index (χ0n) is 13.2. The number of hydrogen-bond donors (Lipinski definition) is 0. The van der Waals surface area contributed by atoms with Crippen LogP contribution in [-0.2, 0) is 11.4 Å². The molecule has 0 atom stereocenters. The van der Waals surface area contributed by atoms with Crippen molar-refractivity contribution in [3.63, 3.8) is 0 Å². The fourth-order valence-electron chi connectivity index (χ4n) is 3.07. The average molecular weight is 310 g/mol. The summed E-state index contributed by atoms with van der Waals surface area (Å²) in [6.07, 6.45) is 9.48. The summed E-state index contributed by atoms with van der Waals surface area (Å²) in [6.45, 7) is 0.111. The van der Waals surface area contributed by atoms with Crippen LogP contribution in [0.1, 0.15) is 54.7 Å². The highest BCUT2D eigenvalue weighted by atomic mass is 19.1. The van der Waals surface area contributed by atoms with Gasteiger partial charge in [0.25, 0.3) is 0 Å². The van der Waals surface area contributed by atoms with Crippen molar-refractivity contribution in [2.24, 2.45) is 5.16 Å². The number of nitrogens with zero attached hydrogens (tertiary/aromatic N) is 1. The van der Waals surface area contributed by atoms with E-state index < -0.39 is 0 Å². The first-order valence-corrected chi connectivity index (χ1v) is 8.24. The molecule has 0 spiro atoms. The maximum absolute atomic E-state index is 13.4. The molecule has 1 fully saturated rings. The van der Waals surface area contributed by atoms with Crippen molar-refractivity contribution in [1.29, 1.82) is 0 Å². The van der Waals surface area contributed by atoms with Gasteiger partial charge in [-0.05, 0) is 30.4 Å². The molecule has 2 nitrogen and oxygen atoms in total. The van der Waals surface area contributed by atoms with Crippen LogP contribution in [0.4, 0.5) is 4.39 Å². The summed E-state index contributed by atoms with van der Waals surface area (Å²) in [4.78, 5) is 5.12. The van der Waals surface area contributed by atoms with Gasteiger partial charge in [-0.1, -0.05) is 66.9 Å². The Balaban J connectivity index is 1.52. The summed E-state index contributed by atoms with van der Waals surface area (Å²) in [5.41, 5.74) is 2.77. The smallest absolute Gasteiger partial charge is 0.145 e. The molecule has 0 aliphatic heterocycles. The maximum Gasteiger partial charge on any atom is 0.145 e. The SMILES string of the molecule is Fc1ccccc1CO/N=[C]\c1ccc(C2CCCCC2)cc1. The van der Waals surface area contributed by atoms with Gasteiger partial charge in [-0.3, -0.25) is 0 Å². The minimum absolute atomic E-state index is 0.111. The number of halogens is 1. The molecule has 0 N–H and O–H groups in total. The average Bonchev–Trinajstić information content (AvgIpc) is 2.61. The third-order valence-corrected chi connectivity index (χ3v) is 4.40. The second-order valence-electron chi connectivity index (χ2n) is 6.02. The molecular formula is C20H21FNO. The highest BCUT2D eigenvalue weighted by Gasteiger charge is 2.14. The lowest BCUT2D eigenvalue weighted by Crippen LogP contribution is -2.04. The Labute approximate surface area is 137 Å². The molecule has 2 aromatic carbocycles. The van der Waals surface area contributed by atoms with Gasteiger partial charge in [-0.2, -0.15) is 0 Å². The van der Waals surface area contributed by atoms with Gasteiger partial charge >= 0.3 is 0 Å². The molecule has 1 aliphatic carbocycles. The van der Waals surface area contributed by atoms with Gasteiger partial charge in [-0.25, -0.2) is 4.39 Å². The Morgan fingerprint density at radius 3 is 2.48 bits per heavy atom. The fraction of sp³-hybridized carbons (Fsp3) is 0.350. The largest absolute Gasteiger partial charge is 0.390 e. The molecule has 1 aliphatic rings. The van der Waals surface area contributed by atoms with Crippen molar-refractivity contribution in [3.05, 3.63) is 71.0 Å². The summed E-state index contributed by atoms with van der Waals surface area (Å²) in [5.74, 6) is 0.423. The van der Waals surface area contributed by atoms with E-state index in [0.29, 0.717) is 11.5 Å². The van der Waals surface area contributed by atoms with Crippen molar-refractivity contribution in [2.75, 3.05) is 0 Å². The Bertz CT molecular complexity index is 645. The highest BCUT2D eigenvalue weighted by Crippen LogP contribution is 2.32. The first-order chi connectivity index (χ1) is 11.3. The van der Waals surface area contributed by atoms with Gasteiger partial charge in [-0.15, -0.1) is 0 Å². The summed E-state index contributed by atoms with van der Waals surface area (Å²) in [5, 5.41) is 3.80. The van der Waals surface area contributed by atoms with E-state index in [1.165, 1.54) is 43.7 Å². The van der Waals surface area contributed by atoms with E-state index in [-0.39, 0.29) is 12.4 Å². The molecule has 0 saturated heterocycles. The topological polar surface area (TPSA) is 21.6 Å². The molecule has 1 radical (unpaired) electrons. The van der Waals surface area contributed by atoms with Crippen LogP contribution in [-0.4, -0.2) is 6.21 Å². The first kappa shape index (κ1) is 15.7. The van der Waals surface area contributed by atoms with Crippen LogP contribution in [0.2, 0.25) is 0 Å². The zero-order chi connectivity index (χ0) is 15.9. The Hall–Kier alpha value is -2.16. The lowest BCUT2D eigenvalue weighted by atomic mass is 9.84. The molecule has 3 heteroatoms. The van der Waals surface area contributed by atoms with E-state index in [1.54, 1.807) is 18.2 Å². The Morgan fingerprint density at radius 1 is 1.00 bits per heavy atom. The predicted molar refractivity (Wildman–Crippen MR) is 90.0 cm³/mol. The van der Waals surface area contributed by atoms with Gasteiger partial charge in [0.05, 0.1) is 0 Å². The summed E-state index contributed by atoms with van der Waals surface area (Å²) in [6, 6.07) is 14.9. The van der Waals surface area contributed by atoms with Crippen molar-refractivity contribution in [3.8, 4) is 0 Å². The minimum Gasteiger partial charge on any atom is -0.390 e. The number of hydrogen-bond acceptors (Lipinski definition) is 2. The van der Waals surface area contributed by atoms with Crippen LogP contribution in [0.15, 0.2) is 53.7 Å². The minimum atomic E-state index is -0.278. The predicted octanol–water partition coefficient (Wildman–Crippen LogP) is 5.30. The van der Waals surface area contributed by atoms with Gasteiger partial charge in [0, 0.05) is 11.1 Å². The quantitative estimate of drug-likeness (QED) is 0.542. The van der Waals surface area contributed by atoms with E-state index in [0.717, 1.165) is 5.56 Å². The van der Waals surface area contributed by atoms with Gasteiger partial charge in [0.1, 0.15) is 18.6 Å². The highest BCUT2D eigenvalue weighted by molar-refractivity contribution is 5.79. The lowest BCUT2D eigenvalue weighted by Gasteiger charge is -2.21. The number of rotatable bonds is 5. The third kappa shape index (κ3) is 4.41. The van der Waals surface area contributed by atoms with Gasteiger partial charge < -0.3 is 4.84 Å². The summed E-state index contributed by atoms with van der Waals surface area (Å²) < 4.78 is 13.4. The molecule has 2 aromatic rings. The molecule has 0 aromatic heterocycles. The van der Waals surface area contributed by atoms with Crippen LogP contribution in [0.5, 0.6) is 0 Å². The zero-order valence-corrected chi connectivity index (χ0v) is 13.2. The molecule has 0 amide bonds. The Kier molecular flexibility index (Phi) is 5.41. The van der Waals surface area contributed by atoms with Crippen LogP contribution in [0, 0.1) is 5.82 Å². The van der Waals surface area contributed by atoms with Crippen LogP contribution >= 0.6 is 0 Å². The second-order valence-corrected chi connectivity index (χ2v) is 6.02. The molecule has 3 rings (SSSR count). The van der Waals surface area contributed by atoms with Crippen LogP contribution < -0.4 is 0 Å². The second kappa shape index (κ2) is 7.91. The standard InChI is InChI=1S/C20H21FNO/c21-20-9-5-4-8-19(20)15-23-22-14-16-10-12-18(13-11-16)17-6-2-1-3-7-17/h4-5,8-13,17H,1-3,6-7,15H2. The van der Waals surface area contributed by atoms with E-state index in [2.05, 4.69) is 23.5 Å². The molecule has 0 unspecified atom stereocenters. The summed E-state index contributed by atoms with van der Waals surface area (Å²) in [7, 11) is 0. The first-order valence-electron chi connectivity index (χ1n) is 8.24. The molecule has 119 valence electrons. The van der Waals surface area contributed by atoms with E-state index in [1.807, 2.05) is 12.1 Å².